The highest BCUT2D eigenvalue weighted by Gasteiger charge is 2.10. The molecule has 0 saturated carbocycles. The number of aromatic amines is 1. The molecule has 0 bridgehead atoms. The first-order valence-electron chi connectivity index (χ1n) is 10.5. The summed E-state index contributed by atoms with van der Waals surface area (Å²) in [6, 6.07) is 22.8. The first-order valence-corrected chi connectivity index (χ1v) is 11.2. The molecule has 2 N–H and O–H groups in total. The lowest BCUT2D eigenvalue weighted by atomic mass is 10.1. The second-order valence-electron chi connectivity index (χ2n) is 7.83. The highest BCUT2D eigenvalue weighted by atomic mass is 35.5. The summed E-state index contributed by atoms with van der Waals surface area (Å²) in [6.45, 7) is 2.51. The van der Waals surface area contributed by atoms with E-state index in [0.29, 0.717) is 10.0 Å². The third-order valence-electron chi connectivity index (χ3n) is 5.77. The van der Waals surface area contributed by atoms with E-state index in [1.54, 1.807) is 0 Å². The molecule has 0 unspecified atom stereocenters. The van der Waals surface area contributed by atoms with Gasteiger partial charge in [-0.2, -0.15) is 0 Å². The maximum atomic E-state index is 6.21. The Balaban J connectivity index is 1.30. The van der Waals surface area contributed by atoms with Gasteiger partial charge >= 0.3 is 0 Å². The number of rotatable bonds is 7. The van der Waals surface area contributed by atoms with E-state index in [2.05, 4.69) is 75.8 Å². The summed E-state index contributed by atoms with van der Waals surface area (Å²) in [4.78, 5) is 3.36. The van der Waals surface area contributed by atoms with Crippen molar-refractivity contribution in [3.8, 4) is 0 Å². The molecule has 31 heavy (non-hydrogen) atoms. The van der Waals surface area contributed by atoms with E-state index < -0.39 is 0 Å². The van der Waals surface area contributed by atoms with Crippen molar-refractivity contribution in [2.75, 3.05) is 6.54 Å². The lowest BCUT2D eigenvalue weighted by Gasteiger charge is -2.07. The Bertz CT molecular complexity index is 1350. The molecular weight excluding hydrogens is 425 g/mol. The molecule has 2 heterocycles. The zero-order chi connectivity index (χ0) is 21.2. The number of fused-ring (bicyclic) bond motifs is 2. The number of benzene rings is 3. The normalized spacial score (nSPS) is 11.5. The van der Waals surface area contributed by atoms with Crippen LogP contribution in [0.3, 0.4) is 0 Å². The molecule has 0 spiro atoms. The Kier molecular flexibility index (Phi) is 5.73. The average Bonchev–Trinajstić information content (AvgIpc) is 3.36. The summed E-state index contributed by atoms with van der Waals surface area (Å²) in [5, 5.41) is 7.39. The smallest absolute Gasteiger partial charge is 0.0595 e. The van der Waals surface area contributed by atoms with Crippen molar-refractivity contribution in [1.29, 1.82) is 0 Å². The van der Waals surface area contributed by atoms with Crippen molar-refractivity contribution in [3.63, 3.8) is 0 Å². The molecule has 0 aliphatic rings. The fraction of sp³-hybridized carbons (Fsp3) is 0.154. The monoisotopic (exact) mass is 447 g/mol. The minimum Gasteiger partial charge on any atom is -0.361 e. The van der Waals surface area contributed by atoms with Crippen LogP contribution in [0.25, 0.3) is 21.8 Å². The van der Waals surface area contributed by atoms with E-state index >= 15 is 0 Å². The van der Waals surface area contributed by atoms with Gasteiger partial charge in [0.15, 0.2) is 0 Å². The molecule has 156 valence electrons. The molecule has 5 aromatic rings. The van der Waals surface area contributed by atoms with Gasteiger partial charge in [-0.15, -0.1) is 0 Å². The Morgan fingerprint density at radius 1 is 0.839 bits per heavy atom. The summed E-state index contributed by atoms with van der Waals surface area (Å²) in [5.74, 6) is 0. The second kappa shape index (κ2) is 8.80. The zero-order valence-electron chi connectivity index (χ0n) is 17.0. The Morgan fingerprint density at radius 2 is 1.65 bits per heavy atom. The second-order valence-corrected chi connectivity index (χ2v) is 8.65. The van der Waals surface area contributed by atoms with Crippen molar-refractivity contribution < 1.29 is 0 Å². The van der Waals surface area contributed by atoms with Gasteiger partial charge in [0.2, 0.25) is 0 Å². The standard InChI is InChI=1S/C26H23Cl2N3/c27-23-10-9-18(13-24(23)28)16-31-17-20(22-6-2-4-8-26(22)31)14-29-12-11-19-15-30-25-7-3-1-5-21(19)25/h1-10,13,15,17,29-30H,11-12,14,16H2. The third kappa shape index (κ3) is 4.22. The number of aromatic nitrogens is 2. The predicted octanol–water partition coefficient (Wildman–Crippen LogP) is 6.81. The molecule has 2 aromatic heterocycles. The number of hydrogen-bond acceptors (Lipinski definition) is 1. The maximum absolute atomic E-state index is 6.21. The van der Waals surface area contributed by atoms with Gasteiger partial charge in [-0.3, -0.25) is 0 Å². The molecule has 3 aromatic carbocycles. The van der Waals surface area contributed by atoms with Crippen LogP contribution in [0.2, 0.25) is 10.0 Å². The van der Waals surface area contributed by atoms with E-state index in [-0.39, 0.29) is 0 Å². The van der Waals surface area contributed by atoms with Gasteiger partial charge in [-0.1, -0.05) is 65.7 Å². The molecule has 0 aliphatic heterocycles. The summed E-state index contributed by atoms with van der Waals surface area (Å²) < 4.78 is 2.28. The summed E-state index contributed by atoms with van der Waals surface area (Å²) in [7, 11) is 0. The van der Waals surface area contributed by atoms with Gasteiger partial charge in [0.1, 0.15) is 0 Å². The van der Waals surface area contributed by atoms with Crippen LogP contribution < -0.4 is 5.32 Å². The van der Waals surface area contributed by atoms with E-state index in [1.165, 1.54) is 32.9 Å². The van der Waals surface area contributed by atoms with Crippen LogP contribution in [0.1, 0.15) is 16.7 Å². The van der Waals surface area contributed by atoms with E-state index in [0.717, 1.165) is 31.6 Å². The van der Waals surface area contributed by atoms with Gasteiger partial charge in [0, 0.05) is 47.3 Å². The number of nitrogens with one attached hydrogen (secondary N) is 2. The van der Waals surface area contributed by atoms with Gasteiger partial charge in [0.05, 0.1) is 10.0 Å². The Labute approximate surface area is 191 Å². The summed E-state index contributed by atoms with van der Waals surface area (Å²) >= 11 is 12.3. The number of H-pyrrole nitrogens is 1. The molecule has 0 saturated heterocycles. The largest absolute Gasteiger partial charge is 0.361 e. The highest BCUT2D eigenvalue weighted by molar-refractivity contribution is 6.42. The number of halogens is 2. The van der Waals surface area contributed by atoms with Crippen molar-refractivity contribution in [2.24, 2.45) is 0 Å². The molecule has 0 atom stereocenters. The first kappa shape index (κ1) is 20.2. The Morgan fingerprint density at radius 3 is 2.52 bits per heavy atom. The fourth-order valence-corrected chi connectivity index (χ4v) is 4.53. The Hall–Kier alpha value is -2.72. The van der Waals surface area contributed by atoms with Gasteiger partial charge in [-0.05, 0) is 53.9 Å². The van der Waals surface area contributed by atoms with E-state index in [9.17, 15) is 0 Å². The van der Waals surface area contributed by atoms with Gasteiger partial charge in [-0.25, -0.2) is 0 Å². The van der Waals surface area contributed by atoms with Crippen LogP contribution in [0.4, 0.5) is 0 Å². The van der Waals surface area contributed by atoms with Crippen LogP contribution in [-0.2, 0) is 19.5 Å². The minimum atomic E-state index is 0.586. The fourth-order valence-electron chi connectivity index (χ4n) is 4.21. The SMILES string of the molecule is Clc1ccc(Cn2cc(CNCCc3c[nH]c4ccccc34)c3ccccc32)cc1Cl. The topological polar surface area (TPSA) is 32.8 Å². The first-order chi connectivity index (χ1) is 15.2. The van der Waals surface area contributed by atoms with Crippen molar-refractivity contribution in [3.05, 3.63) is 106 Å². The van der Waals surface area contributed by atoms with Crippen LogP contribution >= 0.6 is 23.2 Å². The molecule has 0 radical (unpaired) electrons. The highest BCUT2D eigenvalue weighted by Crippen LogP contribution is 2.26. The third-order valence-corrected chi connectivity index (χ3v) is 6.51. The van der Waals surface area contributed by atoms with Crippen LogP contribution in [0, 0.1) is 0 Å². The van der Waals surface area contributed by atoms with Crippen molar-refractivity contribution in [2.45, 2.75) is 19.5 Å². The molecule has 5 heteroatoms. The lowest BCUT2D eigenvalue weighted by Crippen LogP contribution is -2.16. The molecule has 0 aliphatic carbocycles. The van der Waals surface area contributed by atoms with Gasteiger partial charge < -0.3 is 14.9 Å². The quantitative estimate of drug-likeness (QED) is 0.264. The number of nitrogens with zero attached hydrogens (tertiary/aromatic N) is 1. The maximum Gasteiger partial charge on any atom is 0.0595 e. The van der Waals surface area contributed by atoms with Gasteiger partial charge in [0.25, 0.3) is 0 Å². The molecule has 0 amide bonds. The number of para-hydroxylation sites is 2. The average molecular weight is 448 g/mol. The van der Waals surface area contributed by atoms with Crippen molar-refractivity contribution in [1.82, 2.24) is 14.9 Å². The minimum absolute atomic E-state index is 0.586. The van der Waals surface area contributed by atoms with Crippen molar-refractivity contribution >= 4 is 45.0 Å². The summed E-state index contributed by atoms with van der Waals surface area (Å²) in [5.41, 5.74) is 6.21. The van der Waals surface area contributed by atoms with Crippen LogP contribution in [-0.4, -0.2) is 16.1 Å². The van der Waals surface area contributed by atoms with Crippen LogP contribution in [0.5, 0.6) is 0 Å². The number of hydrogen-bond donors (Lipinski definition) is 2. The zero-order valence-corrected chi connectivity index (χ0v) is 18.5. The van der Waals surface area contributed by atoms with Crippen LogP contribution in [0.15, 0.2) is 79.1 Å². The molecule has 5 rings (SSSR count). The predicted molar refractivity (Wildman–Crippen MR) is 131 cm³/mol. The molecule has 3 nitrogen and oxygen atoms in total. The molecule has 0 fully saturated rings. The molecular formula is C26H23Cl2N3. The van der Waals surface area contributed by atoms with E-state index in [4.69, 9.17) is 23.2 Å². The van der Waals surface area contributed by atoms with E-state index in [1.807, 2.05) is 18.2 Å². The lowest BCUT2D eigenvalue weighted by molar-refractivity contribution is 0.688. The summed E-state index contributed by atoms with van der Waals surface area (Å²) in [6.07, 6.45) is 5.35.